The van der Waals surface area contributed by atoms with Crippen molar-refractivity contribution in [3.8, 4) is 0 Å². The van der Waals surface area contributed by atoms with Crippen molar-refractivity contribution in [3.63, 3.8) is 0 Å². The number of hydrogen-bond donors (Lipinski definition) is 1. The molecule has 0 radical (unpaired) electrons. The van der Waals surface area contributed by atoms with Crippen molar-refractivity contribution in [1.82, 2.24) is 10.2 Å². The third-order valence-electron chi connectivity index (χ3n) is 2.94. The van der Waals surface area contributed by atoms with Crippen molar-refractivity contribution in [2.75, 3.05) is 25.6 Å². The Labute approximate surface area is 123 Å². The minimum absolute atomic E-state index is 0.0239. The molecule has 2 rings (SSSR count). The Morgan fingerprint density at radius 2 is 2.10 bits per heavy atom. The summed E-state index contributed by atoms with van der Waals surface area (Å²) in [7, 11) is 1.63. The molecule has 0 aliphatic carbocycles. The monoisotopic (exact) mass is 289 g/mol. The second kappa shape index (κ2) is 6.99. The third-order valence-corrected chi connectivity index (χ3v) is 2.94. The average molecular weight is 289 g/mol. The molecule has 112 valence electrons. The highest BCUT2D eigenvalue weighted by atomic mass is 16.5. The molecule has 1 aromatic heterocycles. The predicted octanol–water partition coefficient (Wildman–Crippen LogP) is 2.25. The number of rotatable bonds is 6. The van der Waals surface area contributed by atoms with Gasteiger partial charge in [0.2, 0.25) is 0 Å². The Balaban J connectivity index is 2.49. The molecule has 1 N–H and O–H groups in total. The molecule has 0 bridgehead atoms. The van der Waals surface area contributed by atoms with Crippen LogP contribution < -0.4 is 5.32 Å². The SMILES string of the molecule is CCOC(=O)c1nnc2ccccc2c1NC(C)COC. The maximum absolute atomic E-state index is 12.1. The number of anilines is 1. The normalized spacial score (nSPS) is 12.1. The number of carbonyl (C=O) groups is 1. The molecule has 1 aromatic carbocycles. The van der Waals surface area contributed by atoms with Crippen molar-refractivity contribution in [2.45, 2.75) is 19.9 Å². The zero-order chi connectivity index (χ0) is 15.2. The lowest BCUT2D eigenvalue weighted by atomic mass is 10.1. The van der Waals surface area contributed by atoms with Gasteiger partial charge in [0.25, 0.3) is 0 Å². The third kappa shape index (κ3) is 3.46. The number of aromatic nitrogens is 2. The molecule has 0 aliphatic heterocycles. The lowest BCUT2D eigenvalue weighted by Gasteiger charge is -2.17. The van der Waals surface area contributed by atoms with Crippen LogP contribution in [-0.4, -0.2) is 42.5 Å². The quantitative estimate of drug-likeness (QED) is 0.822. The first-order chi connectivity index (χ1) is 10.2. The van der Waals surface area contributed by atoms with Crippen LogP contribution in [0.5, 0.6) is 0 Å². The summed E-state index contributed by atoms with van der Waals surface area (Å²) in [6.45, 7) is 4.53. The minimum atomic E-state index is -0.483. The molecular formula is C15H19N3O3. The van der Waals surface area contributed by atoms with E-state index >= 15 is 0 Å². The predicted molar refractivity (Wildman–Crippen MR) is 80.5 cm³/mol. The Kier molecular flexibility index (Phi) is 5.05. The molecule has 0 saturated heterocycles. The molecule has 0 spiro atoms. The first-order valence-corrected chi connectivity index (χ1v) is 6.85. The number of esters is 1. The summed E-state index contributed by atoms with van der Waals surface area (Å²) < 4.78 is 10.2. The van der Waals surface area contributed by atoms with Gasteiger partial charge in [-0.15, -0.1) is 10.2 Å². The van der Waals surface area contributed by atoms with Gasteiger partial charge in [0, 0.05) is 18.5 Å². The van der Waals surface area contributed by atoms with Gasteiger partial charge in [0.05, 0.1) is 24.4 Å². The topological polar surface area (TPSA) is 73.3 Å². The summed E-state index contributed by atoms with van der Waals surface area (Å²) in [5.41, 5.74) is 1.54. The van der Waals surface area contributed by atoms with Crippen molar-refractivity contribution < 1.29 is 14.3 Å². The number of methoxy groups -OCH3 is 1. The fraction of sp³-hybridized carbons (Fsp3) is 0.400. The van der Waals surface area contributed by atoms with Gasteiger partial charge < -0.3 is 14.8 Å². The van der Waals surface area contributed by atoms with Crippen molar-refractivity contribution in [2.24, 2.45) is 0 Å². The molecule has 1 atom stereocenters. The number of fused-ring (bicyclic) bond motifs is 1. The maximum atomic E-state index is 12.1. The Morgan fingerprint density at radius 1 is 1.33 bits per heavy atom. The lowest BCUT2D eigenvalue weighted by Crippen LogP contribution is -2.23. The van der Waals surface area contributed by atoms with Gasteiger partial charge in [-0.2, -0.15) is 0 Å². The van der Waals surface area contributed by atoms with E-state index in [2.05, 4.69) is 15.5 Å². The Hall–Kier alpha value is -2.21. The van der Waals surface area contributed by atoms with Gasteiger partial charge in [-0.25, -0.2) is 4.79 Å². The van der Waals surface area contributed by atoms with Gasteiger partial charge in [0.1, 0.15) is 0 Å². The zero-order valence-electron chi connectivity index (χ0n) is 12.4. The first-order valence-electron chi connectivity index (χ1n) is 6.85. The van der Waals surface area contributed by atoms with Crippen LogP contribution >= 0.6 is 0 Å². The molecule has 0 saturated carbocycles. The van der Waals surface area contributed by atoms with Crippen LogP contribution in [0, 0.1) is 0 Å². The Bertz CT molecular complexity index is 631. The largest absolute Gasteiger partial charge is 0.461 e. The zero-order valence-corrected chi connectivity index (χ0v) is 12.4. The van der Waals surface area contributed by atoms with Crippen LogP contribution in [0.4, 0.5) is 5.69 Å². The summed E-state index contributed by atoms with van der Waals surface area (Å²) in [4.78, 5) is 12.1. The summed E-state index contributed by atoms with van der Waals surface area (Å²) in [6.07, 6.45) is 0. The van der Waals surface area contributed by atoms with Crippen LogP contribution in [0.1, 0.15) is 24.3 Å². The fourth-order valence-corrected chi connectivity index (χ4v) is 2.08. The van der Waals surface area contributed by atoms with Crippen molar-refractivity contribution in [1.29, 1.82) is 0 Å². The molecule has 0 amide bonds. The number of benzene rings is 1. The molecule has 6 nitrogen and oxygen atoms in total. The van der Waals surface area contributed by atoms with E-state index in [-0.39, 0.29) is 11.7 Å². The van der Waals surface area contributed by atoms with E-state index < -0.39 is 5.97 Å². The summed E-state index contributed by atoms with van der Waals surface area (Å²) in [5.74, 6) is -0.483. The van der Waals surface area contributed by atoms with Gasteiger partial charge in [-0.1, -0.05) is 18.2 Å². The van der Waals surface area contributed by atoms with Crippen molar-refractivity contribution in [3.05, 3.63) is 30.0 Å². The van der Waals surface area contributed by atoms with Crippen LogP contribution in [0.25, 0.3) is 10.9 Å². The second-order valence-corrected chi connectivity index (χ2v) is 4.66. The first kappa shape index (κ1) is 15.2. The second-order valence-electron chi connectivity index (χ2n) is 4.66. The van der Waals surface area contributed by atoms with Crippen molar-refractivity contribution >= 4 is 22.6 Å². The molecular weight excluding hydrogens is 270 g/mol. The number of hydrogen-bond acceptors (Lipinski definition) is 6. The average Bonchev–Trinajstić information content (AvgIpc) is 2.48. The standard InChI is InChI=1S/C15H19N3O3/c1-4-21-15(19)14-13(16-10(2)9-20-3)11-7-5-6-8-12(11)17-18-14/h5-8,10H,4,9H2,1-3H3,(H,16,17). The van der Waals surface area contributed by atoms with Gasteiger partial charge in [-0.3, -0.25) is 0 Å². The van der Waals surface area contributed by atoms with Gasteiger partial charge in [0.15, 0.2) is 5.69 Å². The maximum Gasteiger partial charge on any atom is 0.361 e. The number of ether oxygens (including phenoxy) is 2. The summed E-state index contributed by atoms with van der Waals surface area (Å²) in [6, 6.07) is 7.54. The lowest BCUT2D eigenvalue weighted by molar-refractivity contribution is 0.0519. The van der Waals surface area contributed by atoms with E-state index in [0.717, 1.165) is 10.9 Å². The van der Waals surface area contributed by atoms with Crippen LogP contribution in [0.3, 0.4) is 0 Å². The molecule has 1 heterocycles. The molecule has 0 fully saturated rings. The highest BCUT2D eigenvalue weighted by Gasteiger charge is 2.19. The number of carbonyl (C=O) groups excluding carboxylic acids is 1. The number of nitrogens with zero attached hydrogens (tertiary/aromatic N) is 2. The minimum Gasteiger partial charge on any atom is -0.461 e. The van der Waals surface area contributed by atoms with E-state index in [4.69, 9.17) is 9.47 Å². The molecule has 1 unspecified atom stereocenters. The highest BCUT2D eigenvalue weighted by molar-refractivity contribution is 6.03. The smallest absolute Gasteiger partial charge is 0.361 e. The van der Waals surface area contributed by atoms with Gasteiger partial charge in [-0.05, 0) is 19.9 Å². The van der Waals surface area contributed by atoms with E-state index in [9.17, 15) is 4.79 Å². The Morgan fingerprint density at radius 3 is 2.81 bits per heavy atom. The van der Waals surface area contributed by atoms with Crippen LogP contribution in [-0.2, 0) is 9.47 Å². The molecule has 6 heteroatoms. The van der Waals surface area contributed by atoms with E-state index in [1.165, 1.54) is 0 Å². The van der Waals surface area contributed by atoms with E-state index in [1.807, 2.05) is 31.2 Å². The number of nitrogens with one attached hydrogen (secondary N) is 1. The molecule has 21 heavy (non-hydrogen) atoms. The van der Waals surface area contributed by atoms with E-state index in [1.54, 1.807) is 14.0 Å². The molecule has 2 aromatic rings. The van der Waals surface area contributed by atoms with Crippen LogP contribution in [0.15, 0.2) is 24.3 Å². The highest BCUT2D eigenvalue weighted by Crippen LogP contribution is 2.25. The summed E-state index contributed by atoms with van der Waals surface area (Å²) >= 11 is 0. The van der Waals surface area contributed by atoms with E-state index in [0.29, 0.717) is 18.9 Å². The molecule has 0 aliphatic rings. The fourth-order valence-electron chi connectivity index (χ4n) is 2.08. The summed E-state index contributed by atoms with van der Waals surface area (Å²) in [5, 5.41) is 12.2. The van der Waals surface area contributed by atoms with Gasteiger partial charge >= 0.3 is 5.97 Å². The van der Waals surface area contributed by atoms with Crippen LogP contribution in [0.2, 0.25) is 0 Å².